The van der Waals surface area contributed by atoms with E-state index in [-0.39, 0.29) is 0 Å². The van der Waals surface area contributed by atoms with E-state index in [1.165, 1.54) is 37.7 Å². The molecular formula is C16H29N3. The van der Waals surface area contributed by atoms with Crippen LogP contribution < -0.4 is 5.32 Å². The van der Waals surface area contributed by atoms with Crippen LogP contribution in [0.2, 0.25) is 0 Å². The summed E-state index contributed by atoms with van der Waals surface area (Å²) < 4.78 is 1.94. The van der Waals surface area contributed by atoms with Crippen molar-refractivity contribution < 1.29 is 0 Å². The Kier molecular flexibility index (Phi) is 5.44. The normalized spacial score (nSPS) is 24.6. The summed E-state index contributed by atoms with van der Waals surface area (Å²) in [6.45, 7) is 6.85. The van der Waals surface area contributed by atoms with Gasteiger partial charge in [0, 0.05) is 13.2 Å². The lowest BCUT2D eigenvalue weighted by molar-refractivity contribution is 0.366. The minimum atomic E-state index is 0.705. The third kappa shape index (κ3) is 4.34. The summed E-state index contributed by atoms with van der Waals surface area (Å²) in [5.41, 5.74) is 1.45. The van der Waals surface area contributed by atoms with Crippen molar-refractivity contribution in [3.05, 3.63) is 18.0 Å². The molecular weight excluding hydrogens is 234 g/mol. The average Bonchev–Trinajstić information content (AvgIpc) is 2.65. The summed E-state index contributed by atoms with van der Waals surface area (Å²) in [4.78, 5) is 0. The molecule has 2 unspecified atom stereocenters. The highest BCUT2D eigenvalue weighted by atomic mass is 15.2. The van der Waals surface area contributed by atoms with Crippen LogP contribution in [0.15, 0.2) is 12.4 Å². The molecule has 1 aromatic heterocycles. The third-order valence-corrected chi connectivity index (χ3v) is 4.27. The molecule has 0 spiro atoms. The number of hydrogen-bond acceptors (Lipinski definition) is 2. The molecule has 2 rings (SSSR count). The molecule has 3 heteroatoms. The van der Waals surface area contributed by atoms with Crippen LogP contribution in [0.1, 0.15) is 57.4 Å². The van der Waals surface area contributed by atoms with Gasteiger partial charge < -0.3 is 5.32 Å². The molecule has 0 bridgehead atoms. The lowest BCUT2D eigenvalue weighted by Crippen LogP contribution is -2.29. The summed E-state index contributed by atoms with van der Waals surface area (Å²) in [7, 11) is 2.02. The van der Waals surface area contributed by atoms with E-state index < -0.39 is 0 Å². The van der Waals surface area contributed by atoms with E-state index in [2.05, 4.69) is 36.7 Å². The van der Waals surface area contributed by atoms with Crippen LogP contribution in [-0.4, -0.2) is 22.9 Å². The zero-order valence-corrected chi connectivity index (χ0v) is 12.7. The van der Waals surface area contributed by atoms with Crippen molar-refractivity contribution in [1.29, 1.82) is 0 Å². The molecule has 19 heavy (non-hydrogen) atoms. The summed E-state index contributed by atoms with van der Waals surface area (Å²) in [5, 5.41) is 8.02. The van der Waals surface area contributed by atoms with Crippen molar-refractivity contribution in [2.24, 2.45) is 18.9 Å². The van der Waals surface area contributed by atoms with Crippen LogP contribution in [0.4, 0.5) is 0 Å². The van der Waals surface area contributed by atoms with E-state index in [0.717, 1.165) is 24.9 Å². The van der Waals surface area contributed by atoms with Gasteiger partial charge in [-0.15, -0.1) is 0 Å². The van der Waals surface area contributed by atoms with Crippen molar-refractivity contribution >= 4 is 0 Å². The van der Waals surface area contributed by atoms with Crippen molar-refractivity contribution in [2.45, 2.75) is 51.9 Å². The largest absolute Gasteiger partial charge is 0.316 e. The maximum absolute atomic E-state index is 4.36. The Morgan fingerprint density at radius 2 is 2.11 bits per heavy atom. The third-order valence-electron chi connectivity index (χ3n) is 4.27. The van der Waals surface area contributed by atoms with Gasteiger partial charge in [0.1, 0.15) is 0 Å². The Labute approximate surface area is 117 Å². The van der Waals surface area contributed by atoms with E-state index in [4.69, 9.17) is 0 Å². The highest BCUT2D eigenvalue weighted by Crippen LogP contribution is 2.36. The Morgan fingerprint density at radius 3 is 2.79 bits per heavy atom. The van der Waals surface area contributed by atoms with Gasteiger partial charge in [0.25, 0.3) is 0 Å². The van der Waals surface area contributed by atoms with Crippen LogP contribution in [0, 0.1) is 11.8 Å². The molecule has 1 aliphatic rings. The van der Waals surface area contributed by atoms with E-state index in [9.17, 15) is 0 Å². The summed E-state index contributed by atoms with van der Waals surface area (Å²) in [6.07, 6.45) is 11.2. The summed E-state index contributed by atoms with van der Waals surface area (Å²) in [6, 6.07) is 0. The van der Waals surface area contributed by atoms with Gasteiger partial charge in [0.2, 0.25) is 0 Å². The van der Waals surface area contributed by atoms with Gasteiger partial charge in [-0.2, -0.15) is 5.10 Å². The van der Waals surface area contributed by atoms with Gasteiger partial charge in [-0.25, -0.2) is 0 Å². The second-order valence-electron chi connectivity index (χ2n) is 6.50. The maximum atomic E-state index is 4.36. The molecule has 2 atom stereocenters. The quantitative estimate of drug-likeness (QED) is 0.826. The van der Waals surface area contributed by atoms with Crippen LogP contribution in [0.5, 0.6) is 0 Å². The molecule has 0 radical (unpaired) electrons. The molecule has 1 heterocycles. The Morgan fingerprint density at radius 1 is 1.32 bits per heavy atom. The van der Waals surface area contributed by atoms with Crippen LogP contribution in [0.3, 0.4) is 0 Å². The second-order valence-corrected chi connectivity index (χ2v) is 6.50. The van der Waals surface area contributed by atoms with Crippen molar-refractivity contribution in [1.82, 2.24) is 15.1 Å². The van der Waals surface area contributed by atoms with Crippen LogP contribution >= 0.6 is 0 Å². The van der Waals surface area contributed by atoms with E-state index in [1.54, 1.807) is 0 Å². The minimum Gasteiger partial charge on any atom is -0.316 e. The molecule has 1 N–H and O–H groups in total. The fraction of sp³-hybridized carbons (Fsp3) is 0.812. The smallest absolute Gasteiger partial charge is 0.0524 e. The number of hydrogen-bond donors (Lipinski definition) is 1. The molecule has 0 saturated heterocycles. The van der Waals surface area contributed by atoms with Gasteiger partial charge >= 0.3 is 0 Å². The molecule has 1 aliphatic carbocycles. The van der Waals surface area contributed by atoms with Gasteiger partial charge in [0.15, 0.2) is 0 Å². The number of aromatic nitrogens is 2. The summed E-state index contributed by atoms with van der Waals surface area (Å²) in [5.74, 6) is 2.23. The lowest BCUT2D eigenvalue weighted by atomic mass is 9.83. The van der Waals surface area contributed by atoms with E-state index in [0.29, 0.717) is 5.92 Å². The van der Waals surface area contributed by atoms with Crippen LogP contribution in [0.25, 0.3) is 0 Å². The highest BCUT2D eigenvalue weighted by molar-refractivity contribution is 5.13. The number of nitrogens with zero attached hydrogens (tertiary/aromatic N) is 2. The van der Waals surface area contributed by atoms with Crippen molar-refractivity contribution in [2.75, 3.05) is 13.1 Å². The molecule has 3 nitrogen and oxygen atoms in total. The average molecular weight is 263 g/mol. The molecule has 0 aliphatic heterocycles. The fourth-order valence-corrected chi connectivity index (χ4v) is 3.26. The number of rotatable bonds is 5. The molecule has 108 valence electrons. The number of aryl methyl sites for hydroxylation is 1. The highest BCUT2D eigenvalue weighted by Gasteiger charge is 2.25. The first-order valence-electron chi connectivity index (χ1n) is 7.86. The van der Waals surface area contributed by atoms with Crippen molar-refractivity contribution in [3.63, 3.8) is 0 Å². The zero-order chi connectivity index (χ0) is 13.7. The predicted octanol–water partition coefficient (Wildman–Crippen LogP) is 3.33. The Hall–Kier alpha value is -0.830. The van der Waals surface area contributed by atoms with Crippen molar-refractivity contribution in [3.8, 4) is 0 Å². The first-order valence-corrected chi connectivity index (χ1v) is 7.86. The molecule has 0 aromatic carbocycles. The molecule has 1 saturated carbocycles. The van der Waals surface area contributed by atoms with Gasteiger partial charge in [0.05, 0.1) is 6.20 Å². The first kappa shape index (κ1) is 14.6. The van der Waals surface area contributed by atoms with Gasteiger partial charge in [-0.05, 0) is 49.2 Å². The lowest BCUT2D eigenvalue weighted by Gasteiger charge is -2.25. The zero-order valence-electron chi connectivity index (χ0n) is 12.7. The second kappa shape index (κ2) is 7.09. The van der Waals surface area contributed by atoms with E-state index in [1.807, 2.05) is 11.7 Å². The SMILES string of the molecule is CC(C)CNCC1CCCCCC1c1cnn(C)c1. The van der Waals surface area contributed by atoms with Gasteiger partial charge in [-0.1, -0.05) is 33.1 Å². The van der Waals surface area contributed by atoms with Crippen LogP contribution in [-0.2, 0) is 7.05 Å². The standard InChI is InChI=1S/C16H29N3/c1-13(2)9-17-10-14-7-5-4-6-8-16(14)15-11-18-19(3)12-15/h11-14,16-17H,4-10H2,1-3H3. The Bertz CT molecular complexity index is 370. The molecule has 0 amide bonds. The fourth-order valence-electron chi connectivity index (χ4n) is 3.26. The van der Waals surface area contributed by atoms with E-state index >= 15 is 0 Å². The monoisotopic (exact) mass is 263 g/mol. The maximum Gasteiger partial charge on any atom is 0.0524 e. The topological polar surface area (TPSA) is 29.9 Å². The first-order chi connectivity index (χ1) is 9.16. The van der Waals surface area contributed by atoms with Gasteiger partial charge in [-0.3, -0.25) is 4.68 Å². The minimum absolute atomic E-state index is 0.705. The number of nitrogens with one attached hydrogen (secondary N) is 1. The Balaban J connectivity index is 1.98. The molecule has 1 aromatic rings. The summed E-state index contributed by atoms with van der Waals surface area (Å²) >= 11 is 0. The molecule has 1 fully saturated rings. The predicted molar refractivity (Wildman–Crippen MR) is 80.2 cm³/mol.